The number of unbranched alkanes of at least 4 members (excludes halogenated alkanes) is 1. The fourth-order valence-corrected chi connectivity index (χ4v) is 16.9. The molecule has 0 aromatic rings. The van der Waals surface area contributed by atoms with E-state index in [9.17, 15) is 9.59 Å². The van der Waals surface area contributed by atoms with Gasteiger partial charge >= 0.3 is 11.8 Å². The normalized spacial score (nSPS) is 29.7. The zero-order valence-electron chi connectivity index (χ0n) is 53.3. The van der Waals surface area contributed by atoms with Gasteiger partial charge in [-0.2, -0.15) is 0 Å². The molecule has 74 heavy (non-hydrogen) atoms. The lowest BCUT2D eigenvalue weighted by Gasteiger charge is -2.56. The molecule has 0 aromatic carbocycles. The van der Waals surface area contributed by atoms with E-state index in [0.717, 1.165) is 62.8 Å². The number of carbonyl (C=O) groups excluding carboxylic acids is 2. The zero-order chi connectivity index (χ0) is 56.5. The molecule has 10 nitrogen and oxygen atoms in total. The number of amides is 2. The second-order valence-electron chi connectivity index (χ2n) is 30.3. The average molecular weight is 1040 g/mol. The summed E-state index contributed by atoms with van der Waals surface area (Å²) in [6, 6.07) is 0. The van der Waals surface area contributed by atoms with Crippen LogP contribution in [0.5, 0.6) is 0 Å². The molecule has 6 saturated heterocycles. The van der Waals surface area contributed by atoms with Crippen molar-refractivity contribution in [1.29, 1.82) is 0 Å². The van der Waals surface area contributed by atoms with E-state index in [1.807, 2.05) is 13.8 Å². The van der Waals surface area contributed by atoms with Crippen LogP contribution >= 0.6 is 0 Å². The predicted molar refractivity (Wildman–Crippen MR) is 316 cm³/mol. The number of likely N-dealkylation sites (tertiary alicyclic amines) is 4. The van der Waals surface area contributed by atoms with E-state index in [1.165, 1.54) is 77.3 Å². The first-order valence-electron chi connectivity index (χ1n) is 30.4. The number of fused-ring (bicyclic) bond motifs is 1. The van der Waals surface area contributed by atoms with Crippen molar-refractivity contribution in [3.63, 3.8) is 0 Å². The Kier molecular flexibility index (Phi) is 24.4. The van der Waals surface area contributed by atoms with E-state index < -0.39 is 11.8 Å². The highest BCUT2D eigenvalue weighted by Crippen LogP contribution is 2.45. The summed E-state index contributed by atoms with van der Waals surface area (Å²) < 4.78 is 11.2. The molecular weight excluding hydrogens is 917 g/mol. The van der Waals surface area contributed by atoms with Crippen LogP contribution in [-0.2, 0) is 19.1 Å². The van der Waals surface area contributed by atoms with E-state index in [0.29, 0.717) is 59.3 Å². The minimum Gasteiger partial charge on any atom is -0.375 e. The Morgan fingerprint density at radius 3 is 0.878 bits per heavy atom. The van der Waals surface area contributed by atoms with Gasteiger partial charge in [0.05, 0.1) is 25.4 Å². The summed E-state index contributed by atoms with van der Waals surface area (Å²) in [5.41, 5.74) is 2.46. The molecule has 6 aliphatic rings. The Bertz CT molecular complexity index is 1550. The van der Waals surface area contributed by atoms with Crippen molar-refractivity contribution in [1.82, 2.24) is 30.2 Å². The molecule has 2 N–H and O–H groups in total. The minimum atomic E-state index is -0.537. The van der Waals surface area contributed by atoms with Gasteiger partial charge in [-0.1, -0.05) is 67.5 Å². The van der Waals surface area contributed by atoms with Gasteiger partial charge in [0.15, 0.2) is 0 Å². The molecular formula is C64H124N6O4. The summed E-state index contributed by atoms with van der Waals surface area (Å²) in [5, 5.41) is 4.98. The van der Waals surface area contributed by atoms with Gasteiger partial charge in [0.1, 0.15) is 0 Å². The van der Waals surface area contributed by atoms with Crippen LogP contribution in [0.15, 0.2) is 12.2 Å². The van der Waals surface area contributed by atoms with Crippen LogP contribution in [0.4, 0.5) is 0 Å². The summed E-state index contributed by atoms with van der Waals surface area (Å²) in [7, 11) is 0. The van der Waals surface area contributed by atoms with Gasteiger partial charge in [0.25, 0.3) is 0 Å². The van der Waals surface area contributed by atoms with E-state index in [1.54, 1.807) is 0 Å². The van der Waals surface area contributed by atoms with Crippen molar-refractivity contribution in [2.75, 3.05) is 52.5 Å². The Labute approximate surface area is 459 Å². The van der Waals surface area contributed by atoms with Crippen LogP contribution in [0, 0.1) is 35.5 Å². The number of hydrogen-bond donors (Lipinski definition) is 2. The Balaban J connectivity index is 0.000000280. The molecule has 4 atom stereocenters. The lowest BCUT2D eigenvalue weighted by Crippen LogP contribution is -2.61. The Morgan fingerprint density at radius 2 is 0.649 bits per heavy atom. The van der Waals surface area contributed by atoms with Crippen LogP contribution in [0.25, 0.3) is 0 Å². The third-order valence-electron chi connectivity index (χ3n) is 18.2. The first-order chi connectivity index (χ1) is 33.9. The molecule has 0 spiro atoms. The van der Waals surface area contributed by atoms with Gasteiger partial charge in [-0.25, -0.2) is 0 Å². The number of nitrogens with zero attached hydrogens (tertiary/aromatic N) is 4. The number of nitrogens with one attached hydrogen (secondary N) is 2. The molecule has 6 rings (SSSR count). The zero-order valence-corrected chi connectivity index (χ0v) is 53.3. The van der Waals surface area contributed by atoms with Gasteiger partial charge in [0.2, 0.25) is 0 Å². The number of carbonyl (C=O) groups is 2. The summed E-state index contributed by atoms with van der Waals surface area (Å²) in [6.07, 6.45) is 20.5. The first kappa shape index (κ1) is 66.7. The first-order valence-corrected chi connectivity index (χ1v) is 30.4. The van der Waals surface area contributed by atoms with Gasteiger partial charge in [-0.05, 0) is 225 Å². The highest BCUT2D eigenvalue weighted by atomic mass is 16.6. The van der Waals surface area contributed by atoms with Crippen molar-refractivity contribution in [2.45, 2.75) is 300 Å². The lowest BCUT2D eigenvalue weighted by atomic mass is 9.74. The topological polar surface area (TPSA) is 89.6 Å². The standard InChI is InChI=1S/C24H48N2.C24H46N2.C8H16N2O2.C8H14O2/c2*1-19-15-21(3,4)25(22(5,6)16-19)13-11-12-14-26-23(7,8)17-20(2)18-24(26,9)10;1-3-5-9-7(11)8(12)10-6-4-2;1-5-3-9-8-6(2)4-10-7(5)8/h19-20H,11-18H2,1-10H3;11-12,19-20H,13-18H2,1-10H3;3-6H2,1-2H3,(H,9,11)(H,10,12);5-8H,3-4H2,1-2H3/t;;;5-,6+,7?,8?. The molecule has 0 aromatic heterocycles. The van der Waals surface area contributed by atoms with Crippen molar-refractivity contribution < 1.29 is 19.1 Å². The van der Waals surface area contributed by atoms with Crippen LogP contribution in [0.1, 0.15) is 243 Å². The molecule has 2 amide bonds. The SMILES string of the molecule is CC1CC(C)(C)N(CC=CCN2C(C)(C)CC(C)CC2(C)C)C(C)(C)C1.CC1CC(C)(C)N(CCCCN2C(C)(C)CC(C)CC2(C)C)C(C)(C)C1.CCCNC(=O)C(=O)NCCC.C[C@@H]1COC2C1OC[C@@H]2C. The third-order valence-corrected chi connectivity index (χ3v) is 18.2. The second kappa shape index (κ2) is 27.1. The number of rotatable bonds is 13. The molecule has 0 radical (unpaired) electrons. The monoisotopic (exact) mass is 1040 g/mol. The summed E-state index contributed by atoms with van der Waals surface area (Å²) in [6.45, 7) is 64.6. The highest BCUT2D eigenvalue weighted by Gasteiger charge is 2.48. The minimum absolute atomic E-state index is 0.282. The molecule has 0 saturated carbocycles. The van der Waals surface area contributed by atoms with E-state index in [4.69, 9.17) is 9.47 Å². The van der Waals surface area contributed by atoms with Gasteiger partial charge in [-0.3, -0.25) is 29.2 Å². The highest BCUT2D eigenvalue weighted by molar-refractivity contribution is 6.35. The van der Waals surface area contributed by atoms with Crippen LogP contribution in [0.2, 0.25) is 0 Å². The Morgan fingerprint density at radius 1 is 0.419 bits per heavy atom. The fraction of sp³-hybridized carbons (Fsp3) is 0.938. The molecule has 6 aliphatic heterocycles. The Hall–Kier alpha value is -1.56. The number of piperidine rings is 4. The fourth-order valence-electron chi connectivity index (χ4n) is 16.9. The van der Waals surface area contributed by atoms with Gasteiger partial charge < -0.3 is 20.1 Å². The maximum absolute atomic E-state index is 10.9. The lowest BCUT2D eigenvalue weighted by molar-refractivity contribution is -0.139. The molecule has 6 fully saturated rings. The predicted octanol–water partition coefficient (Wildman–Crippen LogP) is 13.6. The van der Waals surface area contributed by atoms with E-state index in [2.05, 4.69) is 195 Å². The van der Waals surface area contributed by atoms with Gasteiger partial charge in [-0.15, -0.1) is 0 Å². The smallest absolute Gasteiger partial charge is 0.309 e. The summed E-state index contributed by atoms with van der Waals surface area (Å²) in [4.78, 5) is 32.9. The van der Waals surface area contributed by atoms with Crippen molar-refractivity contribution in [2.24, 2.45) is 35.5 Å². The van der Waals surface area contributed by atoms with E-state index >= 15 is 0 Å². The number of ether oxygens (including phenoxy) is 2. The summed E-state index contributed by atoms with van der Waals surface area (Å²) >= 11 is 0. The van der Waals surface area contributed by atoms with Crippen LogP contribution in [-0.4, -0.2) is 140 Å². The van der Waals surface area contributed by atoms with Crippen molar-refractivity contribution >= 4 is 11.8 Å². The molecule has 434 valence electrons. The maximum atomic E-state index is 10.9. The average Bonchev–Trinajstić information content (AvgIpc) is 3.78. The van der Waals surface area contributed by atoms with Crippen LogP contribution < -0.4 is 10.6 Å². The molecule has 6 heterocycles. The maximum Gasteiger partial charge on any atom is 0.309 e. The molecule has 0 bridgehead atoms. The number of hydrogen-bond acceptors (Lipinski definition) is 8. The summed E-state index contributed by atoms with van der Waals surface area (Å²) in [5.74, 6) is 3.45. The molecule has 2 unspecified atom stereocenters. The molecule has 10 heteroatoms. The molecule has 0 aliphatic carbocycles. The quantitative estimate of drug-likeness (QED) is 0.107. The second-order valence-corrected chi connectivity index (χ2v) is 30.3. The van der Waals surface area contributed by atoms with Crippen LogP contribution in [0.3, 0.4) is 0 Å². The largest absolute Gasteiger partial charge is 0.375 e. The van der Waals surface area contributed by atoms with E-state index in [-0.39, 0.29) is 22.2 Å². The third kappa shape index (κ3) is 18.8. The van der Waals surface area contributed by atoms with Crippen molar-refractivity contribution in [3.05, 3.63) is 12.2 Å². The van der Waals surface area contributed by atoms with Gasteiger partial charge in [0, 0.05) is 82.3 Å². The van der Waals surface area contributed by atoms with Crippen molar-refractivity contribution in [3.8, 4) is 0 Å².